The maximum atomic E-state index is 11.1. The summed E-state index contributed by atoms with van der Waals surface area (Å²) in [5.74, 6) is 0. The maximum absolute atomic E-state index is 11.1. The molecule has 1 N–H and O–H groups in total. The molecule has 0 atom stereocenters. The molecule has 5 nitrogen and oxygen atoms in total. The summed E-state index contributed by atoms with van der Waals surface area (Å²) >= 11 is 0. The van der Waals surface area contributed by atoms with Gasteiger partial charge >= 0.3 is 10.1 Å². The lowest BCUT2D eigenvalue weighted by Crippen LogP contribution is -2.29. The van der Waals surface area contributed by atoms with Crippen molar-refractivity contribution in [3.8, 4) is 0 Å². The summed E-state index contributed by atoms with van der Waals surface area (Å²) in [6.07, 6.45) is 1.37. The highest BCUT2D eigenvalue weighted by Crippen LogP contribution is 1.99. The molecule has 0 saturated heterocycles. The van der Waals surface area contributed by atoms with Crippen molar-refractivity contribution in [2.45, 2.75) is 0 Å². The molecule has 0 radical (unpaired) electrons. The van der Waals surface area contributed by atoms with E-state index >= 15 is 0 Å². The van der Waals surface area contributed by atoms with Crippen LogP contribution in [0.25, 0.3) is 0 Å². The van der Waals surface area contributed by atoms with Gasteiger partial charge in [0, 0.05) is 6.54 Å². The van der Waals surface area contributed by atoms with Crippen LogP contribution in [0.15, 0.2) is 17.6 Å². The lowest BCUT2D eigenvalue weighted by atomic mass is 10.7. The molecule has 0 fully saturated rings. The van der Waals surface area contributed by atoms with Gasteiger partial charge in [0.15, 0.2) is 0 Å². The second kappa shape index (κ2) is 3.68. The Hall–Kier alpha value is -0.880. The van der Waals surface area contributed by atoms with Gasteiger partial charge in [0.1, 0.15) is 0 Å². The number of hydrogen-bond donors (Lipinski definition) is 1. The second-order valence-electron chi connectivity index (χ2n) is 2.14. The Kier molecular flexibility index (Phi) is 2.83. The van der Waals surface area contributed by atoms with Crippen LogP contribution in [-0.2, 0) is 14.3 Å². The molecule has 0 unspecified atom stereocenters. The second-order valence-corrected chi connectivity index (χ2v) is 3.67. The number of rotatable bonds is 3. The molecular weight excluding hydrogens is 180 g/mol. The largest absolute Gasteiger partial charge is 0.357 e. The van der Waals surface area contributed by atoms with Gasteiger partial charge in [0.25, 0.3) is 0 Å². The van der Waals surface area contributed by atoms with Crippen LogP contribution in [0, 0.1) is 0 Å². The number of hydrogen-bond acceptors (Lipinski definition) is 5. The van der Waals surface area contributed by atoms with Gasteiger partial charge in [-0.1, -0.05) is 6.08 Å². The molecule has 0 aromatic heterocycles. The first-order valence-electron chi connectivity index (χ1n) is 3.45. The minimum atomic E-state index is -3.65. The molecule has 0 saturated carbocycles. The predicted molar refractivity (Wildman–Crippen MR) is 45.4 cm³/mol. The van der Waals surface area contributed by atoms with Crippen molar-refractivity contribution in [2.75, 3.05) is 19.7 Å². The van der Waals surface area contributed by atoms with Crippen LogP contribution in [-0.4, -0.2) is 33.3 Å². The van der Waals surface area contributed by atoms with Crippen LogP contribution in [0.3, 0.4) is 0 Å². The van der Waals surface area contributed by atoms with Gasteiger partial charge in [-0.05, 0) is 0 Å². The fraction of sp³-hybridized carbons (Fsp3) is 0.500. The van der Waals surface area contributed by atoms with Gasteiger partial charge in [0.05, 0.1) is 13.2 Å². The van der Waals surface area contributed by atoms with E-state index in [1.807, 2.05) is 0 Å². The fourth-order valence-corrected chi connectivity index (χ4v) is 1.65. The normalized spacial score (nSPS) is 16.8. The van der Waals surface area contributed by atoms with E-state index in [4.69, 9.17) is 0 Å². The summed E-state index contributed by atoms with van der Waals surface area (Å²) in [4.78, 5) is 3.72. The van der Waals surface area contributed by atoms with E-state index < -0.39 is 10.1 Å². The molecule has 0 amide bonds. The van der Waals surface area contributed by atoms with Crippen molar-refractivity contribution in [3.05, 3.63) is 12.7 Å². The molecule has 1 aliphatic rings. The smallest absolute Gasteiger partial charge is 0.330 e. The number of nitrogens with zero attached hydrogens (tertiary/aromatic N) is 1. The van der Waals surface area contributed by atoms with Crippen LogP contribution in [0.5, 0.6) is 0 Å². The summed E-state index contributed by atoms with van der Waals surface area (Å²) in [7, 11) is -3.65. The van der Waals surface area contributed by atoms with Crippen LogP contribution < -0.4 is 5.32 Å². The fourth-order valence-electron chi connectivity index (χ4n) is 0.737. The molecule has 1 heterocycles. The zero-order valence-electron chi connectivity index (χ0n) is 6.49. The highest BCUT2D eigenvalue weighted by atomic mass is 32.2. The molecular formula is C6H10N2O3S. The van der Waals surface area contributed by atoms with E-state index in [1.165, 1.54) is 6.08 Å². The number of amidine groups is 1. The summed E-state index contributed by atoms with van der Waals surface area (Å²) < 4.78 is 26.8. The van der Waals surface area contributed by atoms with Crippen molar-refractivity contribution in [3.63, 3.8) is 0 Å². The van der Waals surface area contributed by atoms with Gasteiger partial charge in [-0.3, -0.25) is 9.18 Å². The average Bonchev–Trinajstić information content (AvgIpc) is 2.53. The van der Waals surface area contributed by atoms with E-state index in [-0.39, 0.29) is 11.8 Å². The quantitative estimate of drug-likeness (QED) is 0.480. The third kappa shape index (κ3) is 2.05. The minimum Gasteiger partial charge on any atom is -0.357 e. The Labute approximate surface area is 71.3 Å². The first kappa shape index (κ1) is 9.21. The Bertz CT molecular complexity index is 294. The SMILES string of the molecule is C=CCOS(=O)(=O)C1=NCCN1. The Balaban J connectivity index is 2.64. The summed E-state index contributed by atoms with van der Waals surface area (Å²) in [5.41, 5.74) is 0. The van der Waals surface area contributed by atoms with Crippen LogP contribution in [0.2, 0.25) is 0 Å². The molecule has 0 bridgehead atoms. The molecule has 68 valence electrons. The third-order valence-corrected chi connectivity index (χ3v) is 2.41. The summed E-state index contributed by atoms with van der Waals surface area (Å²) in [6.45, 7) is 4.34. The summed E-state index contributed by atoms with van der Waals surface area (Å²) in [6, 6.07) is 0. The van der Waals surface area contributed by atoms with E-state index in [0.29, 0.717) is 13.1 Å². The number of aliphatic imine (C=N–C) groups is 1. The highest BCUT2D eigenvalue weighted by Gasteiger charge is 2.22. The van der Waals surface area contributed by atoms with Crippen molar-refractivity contribution >= 4 is 15.3 Å². The predicted octanol–water partition coefficient (Wildman–Crippen LogP) is -0.522. The summed E-state index contributed by atoms with van der Waals surface area (Å²) in [5, 5.41) is 2.53. The van der Waals surface area contributed by atoms with Crippen LogP contribution in [0.4, 0.5) is 0 Å². The van der Waals surface area contributed by atoms with Gasteiger partial charge in [-0.25, -0.2) is 0 Å². The van der Waals surface area contributed by atoms with Crippen molar-refractivity contribution in [1.29, 1.82) is 0 Å². The van der Waals surface area contributed by atoms with E-state index in [2.05, 4.69) is 21.1 Å². The van der Waals surface area contributed by atoms with E-state index in [0.717, 1.165) is 0 Å². The van der Waals surface area contributed by atoms with Crippen LogP contribution >= 0.6 is 0 Å². The van der Waals surface area contributed by atoms with Crippen molar-refractivity contribution in [2.24, 2.45) is 4.99 Å². The Morgan fingerprint density at radius 2 is 2.50 bits per heavy atom. The zero-order chi connectivity index (χ0) is 9.03. The van der Waals surface area contributed by atoms with Gasteiger partial charge in [0.2, 0.25) is 5.17 Å². The highest BCUT2D eigenvalue weighted by molar-refractivity contribution is 8.02. The zero-order valence-corrected chi connectivity index (χ0v) is 7.30. The molecule has 0 aromatic carbocycles. The van der Waals surface area contributed by atoms with E-state index in [9.17, 15) is 8.42 Å². The molecule has 6 heteroatoms. The Morgan fingerprint density at radius 3 is 3.00 bits per heavy atom. The first-order chi connectivity index (χ1) is 5.67. The molecule has 12 heavy (non-hydrogen) atoms. The van der Waals surface area contributed by atoms with Crippen molar-refractivity contribution in [1.82, 2.24) is 5.32 Å². The molecule has 1 aliphatic heterocycles. The molecule has 1 rings (SSSR count). The van der Waals surface area contributed by atoms with Gasteiger partial charge < -0.3 is 5.32 Å². The molecule has 0 aromatic rings. The first-order valence-corrected chi connectivity index (χ1v) is 4.86. The molecule has 0 aliphatic carbocycles. The third-order valence-electron chi connectivity index (χ3n) is 1.22. The van der Waals surface area contributed by atoms with E-state index in [1.54, 1.807) is 0 Å². The lowest BCUT2D eigenvalue weighted by Gasteiger charge is -2.02. The van der Waals surface area contributed by atoms with Gasteiger partial charge in [-0.2, -0.15) is 8.42 Å². The molecule has 0 spiro atoms. The average molecular weight is 190 g/mol. The topological polar surface area (TPSA) is 67.8 Å². The lowest BCUT2D eigenvalue weighted by molar-refractivity contribution is 0.367. The Morgan fingerprint density at radius 1 is 1.75 bits per heavy atom. The maximum Gasteiger partial charge on any atom is 0.330 e. The minimum absolute atomic E-state index is 0.0248. The standard InChI is InChI=1S/C6H10N2O3S/c1-2-5-11-12(9,10)6-7-3-4-8-6/h2H,1,3-5H2,(H,7,8). The van der Waals surface area contributed by atoms with Crippen LogP contribution in [0.1, 0.15) is 0 Å². The number of nitrogens with one attached hydrogen (secondary N) is 1. The van der Waals surface area contributed by atoms with Gasteiger partial charge in [-0.15, -0.1) is 6.58 Å². The monoisotopic (exact) mass is 190 g/mol. The van der Waals surface area contributed by atoms with Crippen molar-refractivity contribution < 1.29 is 12.6 Å².